The highest BCUT2D eigenvalue weighted by molar-refractivity contribution is 6.04. The van der Waals surface area contributed by atoms with Gasteiger partial charge in [0, 0.05) is 11.8 Å². The maximum Gasteiger partial charge on any atom is 0.256 e. The molecular weight excluding hydrogens is 288 g/mol. The monoisotopic (exact) mass is 304 g/mol. The van der Waals surface area contributed by atoms with Crippen LogP contribution >= 0.6 is 0 Å². The largest absolute Gasteiger partial charge is 0.497 e. The van der Waals surface area contributed by atoms with Crippen molar-refractivity contribution in [1.82, 2.24) is 4.98 Å². The van der Waals surface area contributed by atoms with E-state index in [9.17, 15) is 4.79 Å². The van der Waals surface area contributed by atoms with Crippen LogP contribution in [-0.4, -0.2) is 18.0 Å². The summed E-state index contributed by atoms with van der Waals surface area (Å²) in [5, 5.41) is 2.79. The molecule has 0 bridgehead atoms. The minimum atomic E-state index is -0.181. The molecule has 2 aromatic carbocycles. The van der Waals surface area contributed by atoms with E-state index in [2.05, 4.69) is 10.3 Å². The molecule has 0 aliphatic rings. The van der Waals surface area contributed by atoms with Gasteiger partial charge in [0.25, 0.3) is 5.91 Å². The van der Waals surface area contributed by atoms with Gasteiger partial charge in [0.1, 0.15) is 11.6 Å². The number of amides is 1. The van der Waals surface area contributed by atoms with Crippen molar-refractivity contribution in [3.63, 3.8) is 0 Å². The predicted molar refractivity (Wildman–Crippen MR) is 90.6 cm³/mol. The average Bonchev–Trinajstić information content (AvgIpc) is 2.63. The third kappa shape index (κ3) is 3.55. The Labute approximate surface area is 134 Å². The van der Waals surface area contributed by atoms with Crippen molar-refractivity contribution in [2.24, 2.45) is 0 Å². The fraction of sp³-hybridized carbons (Fsp3) is 0.0526. The quantitative estimate of drug-likeness (QED) is 0.792. The lowest BCUT2D eigenvalue weighted by atomic mass is 10.0. The Morgan fingerprint density at radius 2 is 1.78 bits per heavy atom. The molecule has 23 heavy (non-hydrogen) atoms. The zero-order valence-corrected chi connectivity index (χ0v) is 12.7. The number of nitrogens with one attached hydrogen (secondary N) is 1. The Kier molecular flexibility index (Phi) is 4.34. The Morgan fingerprint density at radius 1 is 0.957 bits per heavy atom. The first kappa shape index (κ1) is 14.8. The number of nitrogens with zero attached hydrogens (tertiary/aromatic N) is 1. The minimum absolute atomic E-state index is 0.181. The third-order valence-electron chi connectivity index (χ3n) is 3.45. The molecule has 1 aromatic heterocycles. The first-order valence-electron chi connectivity index (χ1n) is 7.23. The van der Waals surface area contributed by atoms with Crippen LogP contribution in [0.3, 0.4) is 0 Å². The number of anilines is 1. The molecule has 0 fully saturated rings. The van der Waals surface area contributed by atoms with Gasteiger partial charge in [0.15, 0.2) is 0 Å². The summed E-state index contributed by atoms with van der Waals surface area (Å²) in [5.41, 5.74) is 2.59. The van der Waals surface area contributed by atoms with Gasteiger partial charge in [-0.1, -0.05) is 30.3 Å². The summed E-state index contributed by atoms with van der Waals surface area (Å²) in [6.07, 6.45) is 1.64. The minimum Gasteiger partial charge on any atom is -0.497 e. The van der Waals surface area contributed by atoms with Crippen LogP contribution in [0.4, 0.5) is 5.82 Å². The van der Waals surface area contributed by atoms with Gasteiger partial charge in [-0.05, 0) is 47.5 Å². The highest BCUT2D eigenvalue weighted by Crippen LogP contribution is 2.23. The van der Waals surface area contributed by atoms with Gasteiger partial charge < -0.3 is 10.1 Å². The van der Waals surface area contributed by atoms with Crippen molar-refractivity contribution in [2.75, 3.05) is 12.4 Å². The number of methoxy groups -OCH3 is 1. The van der Waals surface area contributed by atoms with Gasteiger partial charge in [-0.3, -0.25) is 4.79 Å². The van der Waals surface area contributed by atoms with Crippen LogP contribution in [0.15, 0.2) is 72.9 Å². The van der Waals surface area contributed by atoms with Gasteiger partial charge in [0.05, 0.1) is 7.11 Å². The standard InChI is InChI=1S/C19H16N2O2/c1-23-17-10-8-14(9-11-17)15-5-4-6-16(13-15)19(22)21-18-7-2-3-12-20-18/h2-13H,1H3,(H,20,21,22). The predicted octanol–water partition coefficient (Wildman–Crippen LogP) is 4.01. The Bertz CT molecular complexity index is 799. The van der Waals surface area contributed by atoms with Gasteiger partial charge >= 0.3 is 0 Å². The molecule has 4 nitrogen and oxygen atoms in total. The highest BCUT2D eigenvalue weighted by Gasteiger charge is 2.08. The van der Waals surface area contributed by atoms with Crippen LogP contribution in [-0.2, 0) is 0 Å². The number of carbonyl (C=O) groups is 1. The summed E-state index contributed by atoms with van der Waals surface area (Å²) >= 11 is 0. The van der Waals surface area contributed by atoms with E-state index in [-0.39, 0.29) is 5.91 Å². The molecule has 1 N–H and O–H groups in total. The number of pyridine rings is 1. The lowest BCUT2D eigenvalue weighted by molar-refractivity contribution is 0.102. The van der Waals surface area contributed by atoms with E-state index < -0.39 is 0 Å². The van der Waals surface area contributed by atoms with Gasteiger partial charge in [0.2, 0.25) is 0 Å². The number of carbonyl (C=O) groups excluding carboxylic acids is 1. The molecule has 1 amide bonds. The lowest BCUT2D eigenvalue weighted by Crippen LogP contribution is -2.12. The summed E-state index contributed by atoms with van der Waals surface area (Å²) < 4.78 is 5.16. The summed E-state index contributed by atoms with van der Waals surface area (Å²) in [5.74, 6) is 1.16. The van der Waals surface area contributed by atoms with Crippen molar-refractivity contribution in [3.8, 4) is 16.9 Å². The Hall–Kier alpha value is -3.14. The molecule has 0 saturated carbocycles. The SMILES string of the molecule is COc1ccc(-c2cccc(C(=O)Nc3ccccn3)c2)cc1. The normalized spacial score (nSPS) is 10.1. The lowest BCUT2D eigenvalue weighted by Gasteiger charge is -2.07. The van der Waals surface area contributed by atoms with E-state index in [0.717, 1.165) is 16.9 Å². The van der Waals surface area contributed by atoms with Crippen molar-refractivity contribution < 1.29 is 9.53 Å². The van der Waals surface area contributed by atoms with E-state index in [1.165, 1.54) is 0 Å². The van der Waals surface area contributed by atoms with Crippen LogP contribution in [0, 0.1) is 0 Å². The molecule has 3 rings (SSSR count). The van der Waals surface area contributed by atoms with Gasteiger partial charge in [-0.15, -0.1) is 0 Å². The molecule has 0 aliphatic heterocycles. The van der Waals surface area contributed by atoms with E-state index in [4.69, 9.17) is 4.74 Å². The van der Waals surface area contributed by atoms with Crippen LogP contribution in [0.5, 0.6) is 5.75 Å². The summed E-state index contributed by atoms with van der Waals surface area (Å²) in [6.45, 7) is 0. The second-order valence-electron chi connectivity index (χ2n) is 4.98. The number of ether oxygens (including phenoxy) is 1. The summed E-state index contributed by atoms with van der Waals surface area (Å²) in [4.78, 5) is 16.4. The molecule has 0 spiro atoms. The Morgan fingerprint density at radius 3 is 2.48 bits per heavy atom. The number of aromatic nitrogens is 1. The van der Waals surface area contributed by atoms with Gasteiger partial charge in [-0.25, -0.2) is 4.98 Å². The number of rotatable bonds is 4. The molecular formula is C19H16N2O2. The van der Waals surface area contributed by atoms with Crippen LogP contribution in [0.2, 0.25) is 0 Å². The first-order chi connectivity index (χ1) is 11.3. The van der Waals surface area contributed by atoms with E-state index in [1.807, 2.05) is 48.5 Å². The van der Waals surface area contributed by atoms with Crippen LogP contribution < -0.4 is 10.1 Å². The second kappa shape index (κ2) is 6.75. The maximum absolute atomic E-state index is 12.3. The molecule has 0 radical (unpaired) electrons. The second-order valence-corrected chi connectivity index (χ2v) is 4.98. The smallest absolute Gasteiger partial charge is 0.256 e. The van der Waals surface area contributed by atoms with Crippen molar-refractivity contribution in [3.05, 3.63) is 78.5 Å². The van der Waals surface area contributed by atoms with Crippen LogP contribution in [0.25, 0.3) is 11.1 Å². The molecule has 4 heteroatoms. The summed E-state index contributed by atoms with van der Waals surface area (Å²) in [6, 6.07) is 20.6. The topological polar surface area (TPSA) is 51.2 Å². The molecule has 0 atom stereocenters. The first-order valence-corrected chi connectivity index (χ1v) is 7.23. The van der Waals surface area contributed by atoms with E-state index >= 15 is 0 Å². The fourth-order valence-corrected chi connectivity index (χ4v) is 2.25. The zero-order valence-electron chi connectivity index (χ0n) is 12.7. The highest BCUT2D eigenvalue weighted by atomic mass is 16.5. The van der Waals surface area contributed by atoms with Crippen molar-refractivity contribution in [1.29, 1.82) is 0 Å². The number of hydrogen-bond donors (Lipinski definition) is 1. The summed E-state index contributed by atoms with van der Waals surface area (Å²) in [7, 11) is 1.64. The molecule has 114 valence electrons. The van der Waals surface area contributed by atoms with E-state index in [1.54, 1.807) is 31.5 Å². The average molecular weight is 304 g/mol. The fourth-order valence-electron chi connectivity index (χ4n) is 2.25. The van der Waals surface area contributed by atoms with Crippen molar-refractivity contribution >= 4 is 11.7 Å². The molecule has 3 aromatic rings. The van der Waals surface area contributed by atoms with E-state index in [0.29, 0.717) is 11.4 Å². The Balaban J connectivity index is 1.82. The van der Waals surface area contributed by atoms with Crippen LogP contribution in [0.1, 0.15) is 10.4 Å². The third-order valence-corrected chi connectivity index (χ3v) is 3.45. The number of benzene rings is 2. The van der Waals surface area contributed by atoms with Gasteiger partial charge in [-0.2, -0.15) is 0 Å². The number of hydrogen-bond acceptors (Lipinski definition) is 3. The molecule has 1 heterocycles. The molecule has 0 aliphatic carbocycles. The zero-order chi connectivity index (χ0) is 16.1. The maximum atomic E-state index is 12.3. The van der Waals surface area contributed by atoms with Crippen molar-refractivity contribution in [2.45, 2.75) is 0 Å². The molecule has 0 saturated heterocycles. The molecule has 0 unspecified atom stereocenters.